The molecule has 2 unspecified atom stereocenters. The number of hydrogen-bond acceptors (Lipinski definition) is 0. The molecule has 0 saturated carbocycles. The van der Waals surface area contributed by atoms with Gasteiger partial charge < -0.3 is 0 Å². The number of benzene rings is 2. The predicted molar refractivity (Wildman–Crippen MR) is 175 cm³/mol. The van der Waals surface area contributed by atoms with Gasteiger partial charge >= 0.3 is 232 Å². The maximum absolute atomic E-state index is 2.70. The minimum atomic E-state index is -2.22. The Morgan fingerprint density at radius 2 is 0.921 bits per heavy atom. The molecule has 0 N–H and O–H groups in total. The second-order valence-electron chi connectivity index (χ2n) is 13.1. The van der Waals surface area contributed by atoms with E-state index in [-0.39, 0.29) is 24.8 Å². The summed E-state index contributed by atoms with van der Waals surface area (Å²) in [6, 6.07) is 10.3. The largest absolute Gasteiger partial charge is 0.147 e. The Kier molecular flexibility index (Phi) is 11.6. The van der Waals surface area contributed by atoms with Crippen molar-refractivity contribution in [1.29, 1.82) is 0 Å². The SMILES string of the molecule is CC1=Cc2c(C(C)C)cc(C(C)C)cc2[CH]1[Hf]([CH]1C(C)=Cc2c(C(C)C)cc(C(C)C)cc21)[SiH](C)C.Cl.Cl. The zero-order valence-electron chi connectivity index (χ0n) is 25.8. The van der Waals surface area contributed by atoms with Crippen LogP contribution in [0.25, 0.3) is 12.2 Å². The third-order valence-electron chi connectivity index (χ3n) is 8.72. The fourth-order valence-corrected chi connectivity index (χ4v) is 39.5. The molecule has 0 amide bonds. The van der Waals surface area contributed by atoms with Crippen molar-refractivity contribution in [2.75, 3.05) is 0 Å². The molecule has 0 radical (unpaired) electrons. The van der Waals surface area contributed by atoms with Crippen LogP contribution < -0.4 is 0 Å². The van der Waals surface area contributed by atoms with Crippen molar-refractivity contribution in [3.63, 3.8) is 0 Å². The number of fused-ring (bicyclic) bond motifs is 2. The molecular weight excluding hydrogens is 686 g/mol. The van der Waals surface area contributed by atoms with E-state index in [2.05, 4.69) is 119 Å². The van der Waals surface area contributed by atoms with Gasteiger partial charge in [0.1, 0.15) is 0 Å². The van der Waals surface area contributed by atoms with E-state index in [1.54, 1.807) is 55.7 Å². The fourth-order valence-electron chi connectivity index (χ4n) is 6.71. The molecule has 2 aliphatic carbocycles. The monoisotopic (exact) mass is 737 g/mol. The molecule has 2 aromatic rings. The van der Waals surface area contributed by atoms with Gasteiger partial charge in [0.05, 0.1) is 0 Å². The molecule has 4 heteroatoms. The standard InChI is InChI=1S/2C16H21.C2H7Si.2ClH.Hf/c2*1-10(2)13-8-14-6-12(5)7-16(14)15(9-13)11(3)4;1-3-2;;;/h2*6-11H,1-5H3;3H,1-2H3;2*1H;. The molecule has 0 nitrogen and oxygen atoms in total. The van der Waals surface area contributed by atoms with Gasteiger partial charge in [0, 0.05) is 0 Å². The first-order chi connectivity index (χ1) is 16.8. The van der Waals surface area contributed by atoms with E-state index in [9.17, 15) is 0 Å². The van der Waals surface area contributed by atoms with Crippen LogP contribution in [0.15, 0.2) is 35.4 Å². The van der Waals surface area contributed by atoms with Gasteiger partial charge in [-0.25, -0.2) is 0 Å². The number of halogens is 2. The van der Waals surface area contributed by atoms with E-state index in [0.717, 1.165) is 7.35 Å². The minimum absolute atomic E-state index is 0. The molecule has 0 saturated heterocycles. The van der Waals surface area contributed by atoms with Crippen LogP contribution in [-0.4, -0.2) is 5.98 Å². The van der Waals surface area contributed by atoms with Gasteiger partial charge in [-0.05, 0) is 0 Å². The molecule has 0 bridgehead atoms. The summed E-state index contributed by atoms with van der Waals surface area (Å²) >= 11 is -2.22. The smallest absolute Gasteiger partial charge is 0.147 e. The quantitative estimate of drug-likeness (QED) is 0.248. The van der Waals surface area contributed by atoms with E-state index in [1.165, 1.54) is 0 Å². The van der Waals surface area contributed by atoms with E-state index in [0.29, 0.717) is 23.7 Å². The molecule has 0 aromatic heterocycles. The summed E-state index contributed by atoms with van der Waals surface area (Å²) < 4.78 is 1.50. The minimum Gasteiger partial charge on any atom is -0.147 e. The first-order valence-electron chi connectivity index (χ1n) is 14.4. The normalized spacial score (nSPS) is 18.0. The van der Waals surface area contributed by atoms with Gasteiger partial charge in [-0.3, -0.25) is 0 Å². The number of hydrogen-bond donors (Lipinski definition) is 0. The molecule has 0 fully saturated rings. The molecule has 2 atom stereocenters. The molecule has 38 heavy (non-hydrogen) atoms. The zero-order valence-corrected chi connectivity index (χ0v) is 32.2. The zero-order chi connectivity index (χ0) is 26.6. The van der Waals surface area contributed by atoms with Crippen molar-refractivity contribution >= 4 is 42.9 Å². The average molecular weight is 737 g/mol. The van der Waals surface area contributed by atoms with Gasteiger partial charge in [-0.2, -0.15) is 0 Å². The number of allylic oxidation sites excluding steroid dienone is 2. The Morgan fingerprint density at radius 1 is 0.579 bits per heavy atom. The Bertz CT molecular complexity index is 1130. The van der Waals surface area contributed by atoms with Crippen LogP contribution in [0.4, 0.5) is 0 Å². The van der Waals surface area contributed by atoms with Crippen molar-refractivity contribution in [2.24, 2.45) is 0 Å². The predicted octanol–water partition coefficient (Wildman–Crippen LogP) is 11.2. The van der Waals surface area contributed by atoms with Crippen LogP contribution in [0.5, 0.6) is 0 Å². The third-order valence-corrected chi connectivity index (χ3v) is 40.2. The maximum atomic E-state index is 2.70. The molecule has 0 heterocycles. The van der Waals surface area contributed by atoms with Crippen molar-refractivity contribution in [3.8, 4) is 0 Å². The van der Waals surface area contributed by atoms with Crippen LogP contribution in [0.3, 0.4) is 0 Å². The molecule has 4 rings (SSSR count). The van der Waals surface area contributed by atoms with Gasteiger partial charge in [-0.1, -0.05) is 0 Å². The number of rotatable bonds is 7. The Labute approximate surface area is 255 Å². The van der Waals surface area contributed by atoms with E-state index < -0.39 is 26.6 Å². The van der Waals surface area contributed by atoms with Crippen LogP contribution in [0.1, 0.15) is 145 Å². The summed E-state index contributed by atoms with van der Waals surface area (Å²) in [5.41, 5.74) is 16.2. The third kappa shape index (κ3) is 6.09. The summed E-state index contributed by atoms with van der Waals surface area (Å²) in [4.78, 5) is 0. The first-order valence-corrected chi connectivity index (χ1v) is 27.7. The second-order valence-corrected chi connectivity index (χ2v) is 41.1. The van der Waals surface area contributed by atoms with Crippen LogP contribution >= 0.6 is 24.8 Å². The Balaban J connectivity index is 0.00000253. The summed E-state index contributed by atoms with van der Waals surface area (Å²) in [6.07, 6.45) is 5.22. The molecule has 0 spiro atoms. The first kappa shape index (κ1) is 33.8. The Morgan fingerprint density at radius 3 is 1.18 bits per heavy atom. The van der Waals surface area contributed by atoms with E-state index >= 15 is 0 Å². The van der Waals surface area contributed by atoms with Gasteiger partial charge in [0.2, 0.25) is 0 Å². The van der Waals surface area contributed by atoms with Crippen molar-refractivity contribution in [1.82, 2.24) is 0 Å². The van der Waals surface area contributed by atoms with Crippen LogP contribution in [0.2, 0.25) is 13.1 Å². The van der Waals surface area contributed by atoms with E-state index in [1.807, 2.05) is 0 Å². The second kappa shape index (κ2) is 13.0. The topological polar surface area (TPSA) is 0 Å². The van der Waals surface area contributed by atoms with Gasteiger partial charge in [-0.15, -0.1) is 24.8 Å². The van der Waals surface area contributed by atoms with Gasteiger partial charge in [0.15, 0.2) is 0 Å². The molecule has 2 aromatic carbocycles. The van der Waals surface area contributed by atoms with Crippen LogP contribution in [-0.2, 0) is 20.6 Å². The summed E-state index contributed by atoms with van der Waals surface area (Å²) in [5, 5.41) is 0. The van der Waals surface area contributed by atoms with E-state index in [4.69, 9.17) is 0 Å². The van der Waals surface area contributed by atoms with Crippen molar-refractivity contribution in [2.45, 2.75) is 113 Å². The molecule has 0 aliphatic heterocycles. The summed E-state index contributed by atoms with van der Waals surface area (Å²) in [5.74, 6) is 1.48. The maximum Gasteiger partial charge on any atom is -0.147 e. The Hall–Kier alpha value is -0.413. The van der Waals surface area contributed by atoms with Crippen LogP contribution in [0, 0.1) is 0 Å². The average Bonchev–Trinajstić information content (AvgIpc) is 3.28. The van der Waals surface area contributed by atoms with Crippen molar-refractivity contribution < 1.29 is 20.6 Å². The van der Waals surface area contributed by atoms with Gasteiger partial charge in [0.25, 0.3) is 0 Å². The molecule has 209 valence electrons. The summed E-state index contributed by atoms with van der Waals surface area (Å²) in [7, 11) is 0. The summed E-state index contributed by atoms with van der Waals surface area (Å²) in [6.45, 7) is 29.4. The molecule has 2 aliphatic rings. The van der Waals surface area contributed by atoms with Crippen molar-refractivity contribution in [3.05, 3.63) is 79.9 Å². The molecular formula is C34H51Cl2HfSi. The fraction of sp³-hybridized carbons (Fsp3) is 0.529.